The first kappa shape index (κ1) is 32.5. The molecule has 17 heteroatoms. The van der Waals surface area contributed by atoms with E-state index >= 15 is 0 Å². The fraction of sp³-hybridized carbons (Fsp3) is 0.500. The first-order chi connectivity index (χ1) is 19.0. The Morgan fingerprint density at radius 2 is 1.59 bits per heavy atom. The van der Waals surface area contributed by atoms with Gasteiger partial charge in [0.25, 0.3) is 0 Å². The van der Waals surface area contributed by atoms with E-state index in [0.29, 0.717) is 0 Å². The highest BCUT2D eigenvalue weighted by Gasteiger charge is 2.44. The van der Waals surface area contributed by atoms with Crippen molar-refractivity contribution in [1.82, 2.24) is 24.6 Å². The van der Waals surface area contributed by atoms with Crippen molar-refractivity contribution in [2.45, 2.75) is 50.7 Å². The summed E-state index contributed by atoms with van der Waals surface area (Å²) in [5, 5.41) is 25.5. The fourth-order valence-electron chi connectivity index (χ4n) is 4.65. The minimum atomic E-state index is -5.08. The van der Waals surface area contributed by atoms with Crippen molar-refractivity contribution < 1.29 is 46.1 Å². The van der Waals surface area contributed by atoms with Crippen LogP contribution in [0.15, 0.2) is 29.6 Å². The van der Waals surface area contributed by atoms with Crippen molar-refractivity contribution in [2.24, 2.45) is 0 Å². The molecule has 5 heterocycles. The van der Waals surface area contributed by atoms with Crippen molar-refractivity contribution in [1.29, 1.82) is 0 Å². The summed E-state index contributed by atoms with van der Waals surface area (Å²) in [6, 6.07) is 8.79. The number of rotatable bonds is 3. The van der Waals surface area contributed by atoms with E-state index in [0.717, 1.165) is 57.2 Å². The number of halogens is 6. The van der Waals surface area contributed by atoms with Gasteiger partial charge in [-0.05, 0) is 50.4 Å². The fourth-order valence-corrected chi connectivity index (χ4v) is 6.28. The summed E-state index contributed by atoms with van der Waals surface area (Å²) in [7, 11) is 2.21. The molecule has 3 aromatic heterocycles. The molecule has 3 aromatic rings. The van der Waals surface area contributed by atoms with Crippen LogP contribution in [0.4, 0.5) is 26.3 Å². The highest BCUT2D eigenvalue weighted by atomic mass is 32.1. The summed E-state index contributed by atoms with van der Waals surface area (Å²) in [6.07, 6.45) is -7.85. The highest BCUT2D eigenvalue weighted by molar-refractivity contribution is 7.13. The van der Waals surface area contributed by atoms with Crippen LogP contribution >= 0.6 is 22.7 Å². The monoisotopic (exact) mass is 627 g/mol. The van der Waals surface area contributed by atoms with Crippen LogP contribution in [-0.2, 0) is 28.2 Å². The summed E-state index contributed by atoms with van der Waals surface area (Å²) >= 11 is 3.69. The van der Waals surface area contributed by atoms with Crippen LogP contribution in [0.5, 0.6) is 0 Å². The van der Waals surface area contributed by atoms with Gasteiger partial charge in [-0.15, -0.1) is 32.9 Å². The zero-order valence-corrected chi connectivity index (χ0v) is 23.5. The SMILES string of the molecule is Cc1ccc(CN2CCC3(CC2)CN(C)Cc2nnc(-c4cccs4)n23)s1.O=C(O)C(F)(F)F.O=C(O)C(F)(F)F. The van der Waals surface area contributed by atoms with Crippen LogP contribution in [0.3, 0.4) is 0 Å². The highest BCUT2D eigenvalue weighted by Crippen LogP contribution is 2.40. The summed E-state index contributed by atoms with van der Waals surface area (Å²) in [5.74, 6) is -3.33. The lowest BCUT2D eigenvalue weighted by molar-refractivity contribution is -0.193. The van der Waals surface area contributed by atoms with E-state index in [1.807, 2.05) is 11.3 Å². The maximum atomic E-state index is 10.6. The molecule has 0 radical (unpaired) electrons. The number of nitrogens with zero attached hydrogens (tertiary/aromatic N) is 5. The van der Waals surface area contributed by atoms with Gasteiger partial charge in [0.15, 0.2) is 5.82 Å². The maximum Gasteiger partial charge on any atom is 0.490 e. The van der Waals surface area contributed by atoms with E-state index in [-0.39, 0.29) is 5.54 Å². The third-order valence-electron chi connectivity index (χ3n) is 6.37. The molecule has 0 aromatic carbocycles. The quantitative estimate of drug-likeness (QED) is 0.387. The molecule has 0 atom stereocenters. The van der Waals surface area contributed by atoms with Gasteiger partial charge in [0, 0.05) is 35.9 Å². The molecule has 2 aliphatic heterocycles. The lowest BCUT2D eigenvalue weighted by Crippen LogP contribution is -2.55. The van der Waals surface area contributed by atoms with Crippen LogP contribution < -0.4 is 0 Å². The zero-order valence-electron chi connectivity index (χ0n) is 21.9. The number of alkyl halides is 6. The first-order valence-electron chi connectivity index (χ1n) is 12.1. The van der Waals surface area contributed by atoms with Crippen molar-refractivity contribution in [3.63, 3.8) is 0 Å². The lowest BCUT2D eigenvalue weighted by Gasteiger charge is -2.48. The number of fused-ring (bicyclic) bond motifs is 2. The van der Waals surface area contributed by atoms with Crippen molar-refractivity contribution in [2.75, 3.05) is 26.7 Å². The predicted octanol–water partition coefficient (Wildman–Crippen LogP) is 5.08. The van der Waals surface area contributed by atoms with Crippen LogP contribution in [0, 0.1) is 6.92 Å². The molecule has 0 saturated carbocycles. The standard InChI is InChI=1S/C20H25N5S2.2C2HF3O2/c1-15-5-6-16(27-15)12-24-9-7-20(8-10-24)14-23(2)13-18-21-22-19(25(18)20)17-4-3-11-26-17;2*3-2(4,5)1(6)7/h3-6,11H,7-10,12-14H2,1-2H3;2*(H,6,7). The number of aliphatic carboxylic acids is 2. The first-order valence-corrected chi connectivity index (χ1v) is 13.8. The lowest BCUT2D eigenvalue weighted by atomic mass is 9.84. The van der Waals surface area contributed by atoms with Gasteiger partial charge in [-0.2, -0.15) is 26.3 Å². The zero-order chi connectivity index (χ0) is 30.6. The molecule has 0 bridgehead atoms. The van der Waals surface area contributed by atoms with Gasteiger partial charge in [-0.25, -0.2) is 9.59 Å². The molecule has 0 aliphatic carbocycles. The molecule has 0 amide bonds. The summed E-state index contributed by atoms with van der Waals surface area (Å²) in [4.78, 5) is 26.9. The molecular weight excluding hydrogens is 600 g/mol. The molecule has 9 nitrogen and oxygen atoms in total. The number of aromatic nitrogens is 3. The number of piperidine rings is 1. The van der Waals surface area contributed by atoms with Crippen LogP contribution in [0.2, 0.25) is 0 Å². The van der Waals surface area contributed by atoms with Crippen LogP contribution in [0.25, 0.3) is 10.7 Å². The minimum absolute atomic E-state index is 0.118. The number of carboxylic acid groups (broad SMARTS) is 2. The summed E-state index contributed by atoms with van der Waals surface area (Å²) in [6.45, 7) is 7.51. The average molecular weight is 628 g/mol. The van der Waals surface area contributed by atoms with E-state index in [4.69, 9.17) is 19.8 Å². The van der Waals surface area contributed by atoms with E-state index in [1.54, 1.807) is 11.3 Å². The van der Waals surface area contributed by atoms with Crippen LogP contribution in [0.1, 0.15) is 28.4 Å². The van der Waals surface area contributed by atoms with Gasteiger partial charge in [0.05, 0.1) is 17.0 Å². The second-order valence-electron chi connectivity index (χ2n) is 9.54. The number of hydrogen-bond acceptors (Lipinski definition) is 8. The minimum Gasteiger partial charge on any atom is -0.475 e. The second kappa shape index (κ2) is 12.9. The largest absolute Gasteiger partial charge is 0.490 e. The third kappa shape index (κ3) is 8.50. The molecule has 226 valence electrons. The van der Waals surface area contributed by atoms with Crippen LogP contribution in [-0.4, -0.2) is 85.8 Å². The molecule has 5 rings (SSSR count). The Morgan fingerprint density at radius 1 is 1.00 bits per heavy atom. The second-order valence-corrected chi connectivity index (χ2v) is 11.9. The number of thiophene rings is 2. The van der Waals surface area contributed by atoms with Gasteiger partial charge in [-0.3, -0.25) is 9.80 Å². The molecule has 0 unspecified atom stereocenters. The number of carbonyl (C=O) groups is 2. The van der Waals surface area contributed by atoms with Gasteiger partial charge in [0.1, 0.15) is 5.82 Å². The van der Waals surface area contributed by atoms with E-state index < -0.39 is 24.3 Å². The number of aryl methyl sites for hydroxylation is 1. The van der Waals surface area contributed by atoms with Crippen molar-refractivity contribution in [3.05, 3.63) is 45.2 Å². The maximum absolute atomic E-state index is 10.6. The van der Waals surface area contributed by atoms with Gasteiger partial charge < -0.3 is 14.8 Å². The Bertz CT molecular complexity index is 1290. The van der Waals surface area contributed by atoms with Crippen molar-refractivity contribution in [3.8, 4) is 10.7 Å². The van der Waals surface area contributed by atoms with Crippen molar-refractivity contribution >= 4 is 34.6 Å². The number of likely N-dealkylation sites (tertiary alicyclic amines) is 1. The third-order valence-corrected chi connectivity index (χ3v) is 8.22. The van der Waals surface area contributed by atoms with Gasteiger partial charge in [-0.1, -0.05) is 6.07 Å². The molecule has 1 fully saturated rings. The Kier molecular flexibility index (Phi) is 10.2. The van der Waals surface area contributed by atoms with Gasteiger partial charge in [0.2, 0.25) is 0 Å². The normalized spacial score (nSPS) is 17.2. The van der Waals surface area contributed by atoms with E-state index in [1.165, 1.54) is 14.6 Å². The number of hydrogen-bond donors (Lipinski definition) is 2. The Morgan fingerprint density at radius 3 is 2.05 bits per heavy atom. The number of likely N-dealkylation sites (N-methyl/N-ethyl adjacent to an activating group) is 1. The predicted molar refractivity (Wildman–Crippen MR) is 139 cm³/mol. The number of carboxylic acids is 2. The molecular formula is C24H27F6N5O4S2. The topological polar surface area (TPSA) is 112 Å². The Balaban J connectivity index is 0.000000276. The molecule has 2 aliphatic rings. The molecule has 2 N–H and O–H groups in total. The summed E-state index contributed by atoms with van der Waals surface area (Å²) in [5.41, 5.74) is 0.118. The van der Waals surface area contributed by atoms with E-state index in [2.05, 4.69) is 68.2 Å². The van der Waals surface area contributed by atoms with Gasteiger partial charge >= 0.3 is 24.3 Å². The molecule has 1 spiro atoms. The summed E-state index contributed by atoms with van der Waals surface area (Å²) < 4.78 is 66.0. The van der Waals surface area contributed by atoms with E-state index in [9.17, 15) is 26.3 Å². The average Bonchev–Trinajstić information content (AvgIpc) is 3.61. The smallest absolute Gasteiger partial charge is 0.475 e. The molecule has 1 saturated heterocycles. The molecule has 41 heavy (non-hydrogen) atoms. The Hall–Kier alpha value is -3.02. The Labute approximate surface area is 238 Å².